The van der Waals surface area contributed by atoms with Gasteiger partial charge in [-0.3, -0.25) is 4.79 Å². The lowest BCUT2D eigenvalue weighted by molar-refractivity contribution is -0.153. The van der Waals surface area contributed by atoms with Crippen molar-refractivity contribution < 1.29 is 51.6 Å². The Hall–Kier alpha value is -4.85. The molecule has 1 amide bonds. The van der Waals surface area contributed by atoms with Crippen LogP contribution in [-0.2, 0) is 44.8 Å². The van der Waals surface area contributed by atoms with Crippen LogP contribution in [0.2, 0.25) is 0 Å². The van der Waals surface area contributed by atoms with Gasteiger partial charge in [-0.25, -0.2) is 27.4 Å². The zero-order valence-electron chi connectivity index (χ0n) is 31.2. The van der Waals surface area contributed by atoms with E-state index in [4.69, 9.17) is 18.9 Å². The number of methoxy groups -OCH3 is 1. The third kappa shape index (κ3) is 6.24. The molecule has 0 radical (unpaired) electrons. The van der Waals surface area contributed by atoms with Crippen LogP contribution in [0.1, 0.15) is 78.6 Å². The van der Waals surface area contributed by atoms with Crippen molar-refractivity contribution in [2.24, 2.45) is 11.8 Å². The van der Waals surface area contributed by atoms with E-state index in [1.807, 2.05) is 12.1 Å². The molecule has 6 rings (SSSR count). The summed E-state index contributed by atoms with van der Waals surface area (Å²) in [6.45, 7) is 11.4. The van der Waals surface area contributed by atoms with Crippen molar-refractivity contribution in [1.29, 1.82) is 0 Å². The number of amides is 1. The molecule has 2 aromatic carbocycles. The Morgan fingerprint density at radius 1 is 0.925 bits per heavy atom. The predicted octanol–water partition coefficient (Wildman–Crippen LogP) is 6.43. The average Bonchev–Trinajstić information content (AvgIpc) is 3.40. The quantitative estimate of drug-likeness (QED) is 0.226. The molecule has 1 aromatic heterocycles. The number of rotatable bonds is 5. The number of aliphatic hydroxyl groups is 1. The van der Waals surface area contributed by atoms with Gasteiger partial charge in [0, 0.05) is 17.7 Å². The van der Waals surface area contributed by atoms with Crippen molar-refractivity contribution >= 4 is 44.9 Å². The van der Waals surface area contributed by atoms with Crippen LogP contribution in [0, 0.1) is 11.8 Å². The van der Waals surface area contributed by atoms with Crippen LogP contribution >= 0.6 is 0 Å². The molecule has 13 nitrogen and oxygen atoms in total. The fourth-order valence-corrected chi connectivity index (χ4v) is 10.8. The second-order valence-corrected chi connectivity index (χ2v) is 18.1. The van der Waals surface area contributed by atoms with Gasteiger partial charge in [-0.2, -0.15) is 0 Å². The largest absolute Gasteiger partial charge is 0.512 e. The number of hydrogen-bond acceptors (Lipinski definition) is 11. The summed E-state index contributed by atoms with van der Waals surface area (Å²) in [6.07, 6.45) is -2.15. The number of para-hydroxylation sites is 1. The van der Waals surface area contributed by atoms with Gasteiger partial charge in [0.25, 0.3) is 0 Å². The van der Waals surface area contributed by atoms with E-state index in [0.717, 1.165) is 7.11 Å². The molecular formula is C39H46N2O11S. The van der Waals surface area contributed by atoms with Gasteiger partial charge in [0.05, 0.1) is 40.9 Å². The van der Waals surface area contributed by atoms with Crippen molar-refractivity contribution in [1.82, 2.24) is 9.47 Å². The second-order valence-electron chi connectivity index (χ2n) is 15.9. The van der Waals surface area contributed by atoms with Crippen LogP contribution in [0.4, 0.5) is 9.59 Å². The molecule has 3 heterocycles. The van der Waals surface area contributed by atoms with E-state index in [-0.39, 0.29) is 42.1 Å². The summed E-state index contributed by atoms with van der Waals surface area (Å²) in [5, 5.41) is 12.1. The van der Waals surface area contributed by atoms with Crippen LogP contribution in [-0.4, -0.2) is 82.8 Å². The van der Waals surface area contributed by atoms with E-state index in [9.17, 15) is 19.5 Å². The summed E-state index contributed by atoms with van der Waals surface area (Å²) in [4.78, 5) is 57.6. The first-order valence-corrected chi connectivity index (χ1v) is 19.1. The number of benzene rings is 2. The lowest BCUT2D eigenvalue weighted by Crippen LogP contribution is -2.70. The van der Waals surface area contributed by atoms with Crippen LogP contribution in [0.5, 0.6) is 0 Å². The lowest BCUT2D eigenvalue weighted by atomic mass is 9.64. The SMILES string of the molecule is COC(=O)C1=C(O)C[C@@H](C)[C@@]2(S(=O)(=O)c3ccccc3)C(=O)N3[C@H](COC(=O)OC(C)(C)C)Cc4c(n(C(=O)OC(C)(C)C)c5ccccc45)[C@H]3C[C@@H]12. The van der Waals surface area contributed by atoms with Crippen molar-refractivity contribution in [2.75, 3.05) is 13.7 Å². The number of piperidine rings is 1. The van der Waals surface area contributed by atoms with Crippen molar-refractivity contribution in [2.45, 2.75) is 101 Å². The monoisotopic (exact) mass is 750 g/mol. The van der Waals surface area contributed by atoms with Gasteiger partial charge in [0.15, 0.2) is 14.6 Å². The fraction of sp³-hybridized carbons (Fsp3) is 0.487. The Kier molecular flexibility index (Phi) is 9.45. The van der Waals surface area contributed by atoms with Crippen molar-refractivity contribution in [3.63, 3.8) is 0 Å². The van der Waals surface area contributed by atoms with Crippen molar-refractivity contribution in [3.05, 3.63) is 77.2 Å². The highest BCUT2D eigenvalue weighted by molar-refractivity contribution is 7.93. The minimum atomic E-state index is -4.64. The fourth-order valence-electron chi connectivity index (χ4n) is 8.35. The molecule has 3 aliphatic rings. The van der Waals surface area contributed by atoms with Gasteiger partial charge in [-0.15, -0.1) is 0 Å². The summed E-state index contributed by atoms with van der Waals surface area (Å²) in [5.41, 5.74) is -0.571. The van der Waals surface area contributed by atoms with Gasteiger partial charge in [0.2, 0.25) is 5.91 Å². The van der Waals surface area contributed by atoms with E-state index >= 15 is 13.2 Å². The van der Waals surface area contributed by atoms with Gasteiger partial charge in [0.1, 0.15) is 23.6 Å². The molecule has 1 N–H and O–H groups in total. The van der Waals surface area contributed by atoms with Crippen LogP contribution in [0.15, 0.2) is 70.8 Å². The van der Waals surface area contributed by atoms with Crippen LogP contribution in [0.3, 0.4) is 0 Å². The Bertz CT molecular complexity index is 2120. The Balaban J connectivity index is 1.64. The second kappa shape index (κ2) is 13.2. The molecule has 0 spiro atoms. The molecule has 1 saturated heterocycles. The molecule has 284 valence electrons. The average molecular weight is 751 g/mol. The van der Waals surface area contributed by atoms with Crippen molar-refractivity contribution in [3.8, 4) is 0 Å². The normalized spacial score (nSPS) is 24.5. The number of aromatic nitrogens is 1. The zero-order chi connectivity index (χ0) is 38.8. The topological polar surface area (TPSA) is 168 Å². The number of nitrogens with zero attached hydrogens (tertiary/aromatic N) is 2. The molecule has 0 bridgehead atoms. The molecule has 0 unspecified atom stereocenters. The molecule has 5 atom stereocenters. The Morgan fingerprint density at radius 3 is 2.17 bits per heavy atom. The third-order valence-electron chi connectivity index (χ3n) is 10.2. The van der Waals surface area contributed by atoms with E-state index in [0.29, 0.717) is 22.2 Å². The maximum Gasteiger partial charge on any atom is 0.508 e. The minimum absolute atomic E-state index is 0.0716. The number of esters is 1. The summed E-state index contributed by atoms with van der Waals surface area (Å²) in [6, 6.07) is 12.7. The number of sulfone groups is 1. The molecule has 2 aliphatic heterocycles. The highest BCUT2D eigenvalue weighted by atomic mass is 32.2. The lowest BCUT2D eigenvalue weighted by Gasteiger charge is -2.57. The van der Waals surface area contributed by atoms with Gasteiger partial charge >= 0.3 is 18.2 Å². The summed E-state index contributed by atoms with van der Waals surface area (Å²) < 4.78 is 51.4. The number of fused-ring (bicyclic) bond motifs is 6. The molecule has 14 heteroatoms. The molecular weight excluding hydrogens is 704 g/mol. The van der Waals surface area contributed by atoms with E-state index < -0.39 is 73.8 Å². The molecule has 3 aromatic rings. The molecule has 1 aliphatic carbocycles. The summed E-state index contributed by atoms with van der Waals surface area (Å²) in [7, 11) is -3.52. The first kappa shape index (κ1) is 37.9. The zero-order valence-corrected chi connectivity index (χ0v) is 32.0. The standard InChI is InChI=1S/C39H46N2O11S/c1-22-18-30(42)31(33(43)49-8)27-20-29-32-26(25-16-12-13-17-28(25)41(32)35(45)51-37(2,3)4)19-23(21-50-36(46)52-38(5,6)7)40(29)34(44)39(22,27)53(47,48)24-14-10-9-11-15-24/h9-17,22-23,27,29,42H,18-21H2,1-8H3/t22-,23+,27+,29-,39+/m1/s1. The number of ether oxygens (including phenoxy) is 4. The van der Waals surface area contributed by atoms with Gasteiger partial charge < -0.3 is 29.0 Å². The predicted molar refractivity (Wildman–Crippen MR) is 193 cm³/mol. The maximum absolute atomic E-state index is 15.7. The van der Waals surface area contributed by atoms with E-state index in [1.165, 1.54) is 21.6 Å². The highest BCUT2D eigenvalue weighted by Gasteiger charge is 2.70. The third-order valence-corrected chi connectivity index (χ3v) is 12.8. The Labute approximate surface area is 308 Å². The number of aliphatic hydroxyl groups excluding tert-OH is 1. The summed E-state index contributed by atoms with van der Waals surface area (Å²) in [5.74, 6) is -4.65. The number of hydrogen-bond donors (Lipinski definition) is 1. The molecule has 1 fully saturated rings. The maximum atomic E-state index is 15.7. The minimum Gasteiger partial charge on any atom is -0.512 e. The number of carbonyl (C=O) groups excluding carboxylic acids is 4. The molecule has 0 saturated carbocycles. The summed E-state index contributed by atoms with van der Waals surface area (Å²) >= 11 is 0. The smallest absolute Gasteiger partial charge is 0.508 e. The number of carbonyl (C=O) groups is 4. The Morgan fingerprint density at radius 2 is 1.55 bits per heavy atom. The van der Waals surface area contributed by atoms with E-state index in [1.54, 1.807) is 78.8 Å². The van der Waals surface area contributed by atoms with Gasteiger partial charge in [-0.1, -0.05) is 43.3 Å². The van der Waals surface area contributed by atoms with Crippen LogP contribution < -0.4 is 0 Å². The first-order valence-electron chi connectivity index (χ1n) is 17.6. The van der Waals surface area contributed by atoms with Gasteiger partial charge in [-0.05, 0) is 84.1 Å². The first-order chi connectivity index (χ1) is 24.7. The van der Waals surface area contributed by atoms with Crippen LogP contribution in [0.25, 0.3) is 10.9 Å². The molecule has 53 heavy (non-hydrogen) atoms. The number of allylic oxidation sites excluding steroid dienone is 1. The highest BCUT2D eigenvalue weighted by Crippen LogP contribution is 2.59. The van der Waals surface area contributed by atoms with E-state index in [2.05, 4.69) is 0 Å².